The van der Waals surface area contributed by atoms with Gasteiger partial charge >= 0.3 is 0 Å². The predicted molar refractivity (Wildman–Crippen MR) is 65.0 cm³/mol. The van der Waals surface area contributed by atoms with Gasteiger partial charge in [0.25, 0.3) is 0 Å². The standard InChI is InChI=1S/C15H11.Ir/c1-11-6-7-13-9-8-12-4-2-3-5-14(12)15(13)10-11;/h2-5,7-10H,1H3;/q-1;. The first kappa shape index (κ1) is 11.3. The van der Waals surface area contributed by atoms with Crippen molar-refractivity contribution in [1.29, 1.82) is 0 Å². The molecule has 0 bridgehead atoms. The smallest absolute Gasteiger partial charge is 0 e. The summed E-state index contributed by atoms with van der Waals surface area (Å²) < 4.78 is 0. The average molecular weight is 383 g/mol. The second-order valence-corrected chi connectivity index (χ2v) is 3.91. The van der Waals surface area contributed by atoms with Crippen molar-refractivity contribution in [2.24, 2.45) is 0 Å². The molecule has 0 aliphatic rings. The van der Waals surface area contributed by atoms with Crippen molar-refractivity contribution in [3.05, 3.63) is 60.2 Å². The van der Waals surface area contributed by atoms with Gasteiger partial charge in [0.15, 0.2) is 0 Å². The molecule has 0 aromatic heterocycles. The van der Waals surface area contributed by atoms with Crippen molar-refractivity contribution in [3.63, 3.8) is 0 Å². The van der Waals surface area contributed by atoms with Crippen LogP contribution in [0.25, 0.3) is 21.5 Å². The van der Waals surface area contributed by atoms with Crippen molar-refractivity contribution in [2.75, 3.05) is 0 Å². The predicted octanol–water partition coefficient (Wildman–Crippen LogP) is 4.10. The molecule has 0 saturated heterocycles. The fourth-order valence-electron chi connectivity index (χ4n) is 2.05. The Kier molecular flexibility index (Phi) is 3.09. The van der Waals surface area contributed by atoms with Crippen LogP contribution in [0.2, 0.25) is 0 Å². The maximum absolute atomic E-state index is 3.24. The Labute approximate surface area is 109 Å². The Morgan fingerprint density at radius 2 is 1.62 bits per heavy atom. The summed E-state index contributed by atoms with van der Waals surface area (Å²) in [5, 5.41) is 5.21. The zero-order valence-electron chi connectivity index (χ0n) is 8.95. The van der Waals surface area contributed by atoms with Crippen LogP contribution in [0.1, 0.15) is 5.56 Å². The van der Waals surface area contributed by atoms with Gasteiger partial charge in [-0.3, -0.25) is 0 Å². The van der Waals surface area contributed by atoms with Gasteiger partial charge in [-0.05, 0) is 10.8 Å². The molecule has 0 aliphatic heterocycles. The van der Waals surface area contributed by atoms with E-state index in [4.69, 9.17) is 0 Å². The molecule has 0 fully saturated rings. The molecule has 16 heavy (non-hydrogen) atoms. The minimum atomic E-state index is 0. The Morgan fingerprint density at radius 1 is 0.875 bits per heavy atom. The van der Waals surface area contributed by atoms with E-state index in [0.29, 0.717) is 0 Å². The average Bonchev–Trinajstić information content (AvgIpc) is 2.29. The minimum Gasteiger partial charge on any atom is -0.180 e. The van der Waals surface area contributed by atoms with Crippen molar-refractivity contribution in [2.45, 2.75) is 6.92 Å². The largest absolute Gasteiger partial charge is 0.180 e. The molecule has 1 radical (unpaired) electrons. The first-order chi connectivity index (χ1) is 7.34. The molecular weight excluding hydrogens is 372 g/mol. The van der Waals surface area contributed by atoms with Gasteiger partial charge < -0.3 is 0 Å². The van der Waals surface area contributed by atoms with Crippen LogP contribution in [0.3, 0.4) is 0 Å². The van der Waals surface area contributed by atoms with Crippen LogP contribution in [0.5, 0.6) is 0 Å². The fraction of sp³-hybridized carbons (Fsp3) is 0.0667. The van der Waals surface area contributed by atoms with Crippen LogP contribution in [-0.2, 0) is 20.1 Å². The van der Waals surface area contributed by atoms with Gasteiger partial charge in [-0.15, -0.1) is 16.8 Å². The summed E-state index contributed by atoms with van der Waals surface area (Å²) >= 11 is 0. The van der Waals surface area contributed by atoms with E-state index in [1.54, 1.807) is 0 Å². The van der Waals surface area contributed by atoms with Crippen LogP contribution in [0, 0.1) is 13.0 Å². The number of rotatable bonds is 0. The number of hydrogen-bond acceptors (Lipinski definition) is 0. The Balaban J connectivity index is 0.000000963. The molecule has 0 amide bonds. The van der Waals surface area contributed by atoms with E-state index < -0.39 is 0 Å². The van der Waals surface area contributed by atoms with E-state index in [1.807, 2.05) is 0 Å². The number of benzene rings is 3. The Hall–Kier alpha value is -1.17. The van der Waals surface area contributed by atoms with E-state index in [9.17, 15) is 0 Å². The van der Waals surface area contributed by atoms with Crippen LogP contribution >= 0.6 is 0 Å². The summed E-state index contributed by atoms with van der Waals surface area (Å²) in [4.78, 5) is 0. The summed E-state index contributed by atoms with van der Waals surface area (Å²) in [6, 6.07) is 20.3. The summed E-state index contributed by atoms with van der Waals surface area (Å²) in [5.41, 5.74) is 1.19. The molecule has 0 aliphatic carbocycles. The molecule has 0 spiro atoms. The molecule has 0 N–H and O–H groups in total. The SMILES string of the molecule is Cc1[c-]cc2ccc3ccccc3c2c1.[Ir]. The van der Waals surface area contributed by atoms with Gasteiger partial charge in [0.1, 0.15) is 0 Å². The van der Waals surface area contributed by atoms with Crippen LogP contribution in [0.15, 0.2) is 48.5 Å². The molecule has 3 aromatic rings. The first-order valence-electron chi connectivity index (χ1n) is 5.14. The fourth-order valence-corrected chi connectivity index (χ4v) is 2.05. The molecule has 3 rings (SSSR count). The Morgan fingerprint density at radius 3 is 2.50 bits per heavy atom. The van der Waals surface area contributed by atoms with Crippen LogP contribution in [-0.4, -0.2) is 0 Å². The van der Waals surface area contributed by atoms with Crippen molar-refractivity contribution < 1.29 is 20.1 Å². The van der Waals surface area contributed by atoms with Gasteiger partial charge in [0, 0.05) is 20.1 Å². The normalized spacial score (nSPS) is 10.3. The quantitative estimate of drug-likeness (QED) is 0.405. The summed E-state index contributed by atoms with van der Waals surface area (Å²) in [7, 11) is 0. The first-order valence-corrected chi connectivity index (χ1v) is 5.14. The molecule has 81 valence electrons. The second-order valence-electron chi connectivity index (χ2n) is 3.91. The Bertz CT molecular complexity index is 641. The van der Waals surface area contributed by atoms with Gasteiger partial charge in [0.05, 0.1) is 0 Å². The van der Waals surface area contributed by atoms with Crippen molar-refractivity contribution >= 4 is 21.5 Å². The van der Waals surface area contributed by atoms with Gasteiger partial charge in [-0.2, -0.15) is 23.8 Å². The summed E-state index contributed by atoms with van der Waals surface area (Å²) in [5.74, 6) is 0. The zero-order valence-corrected chi connectivity index (χ0v) is 11.3. The number of fused-ring (bicyclic) bond motifs is 3. The molecule has 0 saturated carbocycles. The third kappa shape index (κ3) is 1.77. The molecule has 0 atom stereocenters. The van der Waals surface area contributed by atoms with E-state index in [-0.39, 0.29) is 20.1 Å². The van der Waals surface area contributed by atoms with Crippen molar-refractivity contribution in [1.82, 2.24) is 0 Å². The maximum Gasteiger partial charge on any atom is 0 e. The maximum atomic E-state index is 3.24. The van der Waals surface area contributed by atoms with Gasteiger partial charge in [-0.1, -0.05) is 37.3 Å². The molecule has 0 unspecified atom stereocenters. The van der Waals surface area contributed by atoms with Gasteiger partial charge in [-0.25, -0.2) is 0 Å². The van der Waals surface area contributed by atoms with E-state index in [1.165, 1.54) is 27.1 Å². The zero-order chi connectivity index (χ0) is 10.3. The number of hydrogen-bond donors (Lipinski definition) is 0. The monoisotopic (exact) mass is 384 g/mol. The molecule has 0 nitrogen and oxygen atoms in total. The summed E-state index contributed by atoms with van der Waals surface area (Å²) in [6.07, 6.45) is 0. The van der Waals surface area contributed by atoms with Crippen LogP contribution < -0.4 is 0 Å². The topological polar surface area (TPSA) is 0 Å². The van der Waals surface area contributed by atoms with Gasteiger partial charge in [0.2, 0.25) is 0 Å². The second kappa shape index (κ2) is 4.37. The molecular formula is C15H11Ir-. The molecule has 3 aromatic carbocycles. The third-order valence-corrected chi connectivity index (χ3v) is 2.82. The molecule has 1 heteroatoms. The van der Waals surface area contributed by atoms with Crippen LogP contribution in [0.4, 0.5) is 0 Å². The number of aryl methyl sites for hydroxylation is 1. The summed E-state index contributed by atoms with van der Waals surface area (Å²) in [6.45, 7) is 2.08. The third-order valence-electron chi connectivity index (χ3n) is 2.82. The van der Waals surface area contributed by atoms with E-state index >= 15 is 0 Å². The molecule has 0 heterocycles. The van der Waals surface area contributed by atoms with E-state index in [0.717, 1.165) is 0 Å². The van der Waals surface area contributed by atoms with E-state index in [2.05, 4.69) is 61.5 Å². The minimum absolute atomic E-state index is 0. The van der Waals surface area contributed by atoms with Crippen molar-refractivity contribution in [3.8, 4) is 0 Å².